The van der Waals surface area contributed by atoms with E-state index in [0.29, 0.717) is 19.0 Å². The summed E-state index contributed by atoms with van der Waals surface area (Å²) < 4.78 is 0. The van der Waals surface area contributed by atoms with Crippen molar-refractivity contribution < 1.29 is 9.59 Å². The monoisotopic (exact) mass is 243 g/mol. The predicted octanol–water partition coefficient (Wildman–Crippen LogP) is -0.353. The second-order valence-electron chi connectivity index (χ2n) is 3.96. The first-order valence-corrected chi connectivity index (χ1v) is 5.80. The number of thiocarbonyl (C=S) groups is 1. The molecule has 1 heterocycles. The maximum atomic E-state index is 11.6. The van der Waals surface area contributed by atoms with E-state index >= 15 is 0 Å². The maximum Gasteiger partial charge on any atom is 0.311 e. The number of rotatable bonds is 3. The Kier molecular flexibility index (Phi) is 4.67. The van der Waals surface area contributed by atoms with Crippen LogP contribution in [0.15, 0.2) is 0 Å². The summed E-state index contributed by atoms with van der Waals surface area (Å²) in [6, 6.07) is 0. The van der Waals surface area contributed by atoms with Gasteiger partial charge in [-0.2, -0.15) is 0 Å². The molecular formula is C10H17N3O2S. The number of hydrogen-bond acceptors (Lipinski definition) is 3. The minimum Gasteiger partial charge on any atom is -0.392 e. The van der Waals surface area contributed by atoms with Crippen molar-refractivity contribution in [3.8, 4) is 0 Å². The van der Waals surface area contributed by atoms with Crippen LogP contribution in [0, 0.1) is 5.92 Å². The predicted molar refractivity (Wildman–Crippen MR) is 64.8 cm³/mol. The highest BCUT2D eigenvalue weighted by molar-refractivity contribution is 7.80. The molecule has 1 unspecified atom stereocenters. The summed E-state index contributed by atoms with van der Waals surface area (Å²) in [6.45, 7) is 3.50. The summed E-state index contributed by atoms with van der Waals surface area (Å²) in [5, 5.41) is 2.40. The van der Waals surface area contributed by atoms with E-state index in [0.717, 1.165) is 12.8 Å². The fraction of sp³-hybridized carbons (Fsp3) is 0.700. The highest BCUT2D eigenvalue weighted by Crippen LogP contribution is 2.18. The standard InChI is InChI=1S/C10H17N3O2S/c1-2-7-3-4-13(6-7)10(15)9(14)12-5-8(11)16/h7H,2-6H2,1H3,(H2,11,16)(H,12,14). The first-order valence-electron chi connectivity index (χ1n) is 5.40. The third-order valence-electron chi connectivity index (χ3n) is 2.77. The van der Waals surface area contributed by atoms with Crippen molar-refractivity contribution in [3.05, 3.63) is 0 Å². The molecule has 2 amide bonds. The van der Waals surface area contributed by atoms with E-state index in [1.54, 1.807) is 4.90 Å². The molecule has 0 aromatic rings. The molecule has 0 spiro atoms. The van der Waals surface area contributed by atoms with Gasteiger partial charge >= 0.3 is 11.8 Å². The molecule has 16 heavy (non-hydrogen) atoms. The van der Waals surface area contributed by atoms with Crippen molar-refractivity contribution in [2.75, 3.05) is 19.6 Å². The summed E-state index contributed by atoms with van der Waals surface area (Å²) in [6.07, 6.45) is 2.02. The number of nitrogens with one attached hydrogen (secondary N) is 1. The van der Waals surface area contributed by atoms with Crippen LogP contribution in [-0.4, -0.2) is 41.3 Å². The van der Waals surface area contributed by atoms with Crippen molar-refractivity contribution in [1.29, 1.82) is 0 Å². The number of carbonyl (C=O) groups excluding carboxylic acids is 2. The summed E-state index contributed by atoms with van der Waals surface area (Å²) in [4.78, 5) is 24.8. The van der Waals surface area contributed by atoms with Crippen LogP contribution in [0.5, 0.6) is 0 Å². The van der Waals surface area contributed by atoms with Crippen LogP contribution in [-0.2, 0) is 9.59 Å². The topological polar surface area (TPSA) is 75.4 Å². The van der Waals surface area contributed by atoms with Gasteiger partial charge in [0.25, 0.3) is 0 Å². The van der Waals surface area contributed by atoms with E-state index in [1.807, 2.05) is 0 Å². The molecule has 0 bridgehead atoms. The Balaban J connectivity index is 2.40. The molecule has 1 aliphatic rings. The van der Waals surface area contributed by atoms with Crippen molar-refractivity contribution in [3.63, 3.8) is 0 Å². The van der Waals surface area contributed by atoms with Crippen LogP contribution in [0.4, 0.5) is 0 Å². The molecule has 90 valence electrons. The van der Waals surface area contributed by atoms with Crippen LogP contribution in [0.25, 0.3) is 0 Å². The fourth-order valence-electron chi connectivity index (χ4n) is 1.74. The van der Waals surface area contributed by atoms with Gasteiger partial charge in [-0.25, -0.2) is 0 Å². The molecule has 1 aliphatic heterocycles. The number of carbonyl (C=O) groups is 2. The second kappa shape index (κ2) is 5.79. The zero-order chi connectivity index (χ0) is 12.1. The lowest BCUT2D eigenvalue weighted by Crippen LogP contribution is -2.44. The van der Waals surface area contributed by atoms with Gasteiger partial charge in [-0.05, 0) is 12.3 Å². The highest BCUT2D eigenvalue weighted by atomic mass is 32.1. The molecule has 0 aliphatic carbocycles. The molecule has 0 saturated carbocycles. The average Bonchev–Trinajstić information content (AvgIpc) is 2.73. The Labute approximate surface area is 100 Å². The van der Waals surface area contributed by atoms with Crippen molar-refractivity contribution >= 4 is 29.0 Å². The van der Waals surface area contributed by atoms with Crippen LogP contribution in [0.2, 0.25) is 0 Å². The zero-order valence-corrected chi connectivity index (χ0v) is 10.2. The second-order valence-corrected chi connectivity index (χ2v) is 4.49. The minimum atomic E-state index is -0.621. The van der Waals surface area contributed by atoms with Crippen LogP contribution in [0.1, 0.15) is 19.8 Å². The molecule has 0 aromatic heterocycles. The van der Waals surface area contributed by atoms with Gasteiger partial charge in [0, 0.05) is 13.1 Å². The zero-order valence-electron chi connectivity index (χ0n) is 9.36. The van der Waals surface area contributed by atoms with Gasteiger partial charge in [-0.3, -0.25) is 9.59 Å². The van der Waals surface area contributed by atoms with Gasteiger partial charge in [-0.15, -0.1) is 0 Å². The average molecular weight is 243 g/mol. The van der Waals surface area contributed by atoms with Crippen LogP contribution >= 0.6 is 12.2 Å². The molecule has 1 rings (SSSR count). The Morgan fingerprint density at radius 2 is 2.25 bits per heavy atom. The van der Waals surface area contributed by atoms with Crippen molar-refractivity contribution in [2.45, 2.75) is 19.8 Å². The quantitative estimate of drug-likeness (QED) is 0.524. The third-order valence-corrected chi connectivity index (χ3v) is 2.91. The van der Waals surface area contributed by atoms with Gasteiger partial charge in [0.1, 0.15) is 0 Å². The summed E-state index contributed by atoms with van der Waals surface area (Å²) in [7, 11) is 0. The Morgan fingerprint density at radius 1 is 1.56 bits per heavy atom. The highest BCUT2D eigenvalue weighted by Gasteiger charge is 2.28. The molecular weight excluding hydrogens is 226 g/mol. The van der Waals surface area contributed by atoms with E-state index < -0.39 is 11.8 Å². The van der Waals surface area contributed by atoms with E-state index in [1.165, 1.54) is 0 Å². The fourth-order valence-corrected chi connectivity index (χ4v) is 1.81. The number of nitrogens with two attached hydrogens (primary N) is 1. The SMILES string of the molecule is CCC1CCN(C(=O)C(=O)NCC(N)=S)C1. The van der Waals surface area contributed by atoms with Gasteiger partial charge in [-0.1, -0.05) is 25.6 Å². The summed E-state index contributed by atoms with van der Waals surface area (Å²) in [5.41, 5.74) is 5.23. The summed E-state index contributed by atoms with van der Waals surface area (Å²) >= 11 is 4.61. The van der Waals surface area contributed by atoms with Gasteiger partial charge < -0.3 is 16.0 Å². The van der Waals surface area contributed by atoms with Gasteiger partial charge in [0.15, 0.2) is 0 Å². The Morgan fingerprint density at radius 3 is 2.75 bits per heavy atom. The maximum absolute atomic E-state index is 11.6. The number of hydrogen-bond donors (Lipinski definition) is 2. The lowest BCUT2D eigenvalue weighted by Gasteiger charge is -2.15. The van der Waals surface area contributed by atoms with Gasteiger partial charge in [0.2, 0.25) is 0 Å². The molecule has 3 N–H and O–H groups in total. The first-order chi connectivity index (χ1) is 7.54. The Hall–Kier alpha value is -1.17. The van der Waals surface area contributed by atoms with Crippen molar-refractivity contribution in [2.24, 2.45) is 11.7 Å². The lowest BCUT2D eigenvalue weighted by atomic mass is 10.1. The molecule has 1 atom stereocenters. The van der Waals surface area contributed by atoms with Gasteiger partial charge in [0.05, 0.1) is 11.5 Å². The first kappa shape index (κ1) is 12.9. The van der Waals surface area contributed by atoms with E-state index in [2.05, 4.69) is 24.5 Å². The molecule has 1 fully saturated rings. The number of nitrogens with zero attached hydrogens (tertiary/aromatic N) is 1. The number of likely N-dealkylation sites (tertiary alicyclic amines) is 1. The lowest BCUT2D eigenvalue weighted by molar-refractivity contribution is -0.145. The minimum absolute atomic E-state index is 0.0744. The molecule has 0 radical (unpaired) electrons. The largest absolute Gasteiger partial charge is 0.392 e. The molecule has 6 heteroatoms. The van der Waals surface area contributed by atoms with E-state index in [9.17, 15) is 9.59 Å². The normalized spacial score (nSPS) is 19.6. The number of amides is 2. The van der Waals surface area contributed by atoms with Crippen LogP contribution in [0.3, 0.4) is 0 Å². The third kappa shape index (κ3) is 3.44. The molecule has 0 aromatic carbocycles. The molecule has 1 saturated heterocycles. The van der Waals surface area contributed by atoms with E-state index in [4.69, 9.17) is 5.73 Å². The smallest absolute Gasteiger partial charge is 0.311 e. The summed E-state index contributed by atoms with van der Waals surface area (Å²) in [5.74, 6) is -0.580. The Bertz CT molecular complexity index is 306. The van der Waals surface area contributed by atoms with Crippen LogP contribution < -0.4 is 11.1 Å². The van der Waals surface area contributed by atoms with E-state index in [-0.39, 0.29) is 11.5 Å². The van der Waals surface area contributed by atoms with Crippen molar-refractivity contribution in [1.82, 2.24) is 10.2 Å². The molecule has 5 nitrogen and oxygen atoms in total.